The Morgan fingerprint density at radius 3 is 2.45 bits per heavy atom. The van der Waals surface area contributed by atoms with Crippen LogP contribution in [0.25, 0.3) is 5.69 Å². The first kappa shape index (κ1) is 27.9. The quantitative estimate of drug-likeness (QED) is 0.253. The minimum Gasteiger partial charge on any atom is -0.494 e. The Kier molecular flexibility index (Phi) is 7.52. The number of rotatable bonds is 7. The summed E-state index contributed by atoms with van der Waals surface area (Å²) in [6, 6.07) is 18.4. The summed E-state index contributed by atoms with van der Waals surface area (Å²) in [4.78, 5) is 6.73. The van der Waals surface area contributed by atoms with Crippen LogP contribution in [0.4, 0.5) is 11.4 Å². The van der Waals surface area contributed by atoms with Gasteiger partial charge in [-0.2, -0.15) is 0 Å². The molecule has 0 spiro atoms. The largest absolute Gasteiger partial charge is 0.494 e. The van der Waals surface area contributed by atoms with Crippen LogP contribution in [0.15, 0.2) is 66.9 Å². The first-order valence-corrected chi connectivity index (χ1v) is 15.3. The Morgan fingerprint density at radius 1 is 1.02 bits per heavy atom. The lowest BCUT2D eigenvalue weighted by Crippen LogP contribution is -2.30. The summed E-state index contributed by atoms with van der Waals surface area (Å²) >= 11 is 12.3. The van der Waals surface area contributed by atoms with Crippen molar-refractivity contribution >= 4 is 50.3 Å². The van der Waals surface area contributed by atoms with E-state index in [-0.39, 0.29) is 12.1 Å². The molecule has 11 heteroatoms. The van der Waals surface area contributed by atoms with Crippen LogP contribution < -0.4 is 19.7 Å². The molecule has 2 N–H and O–H groups in total. The van der Waals surface area contributed by atoms with Gasteiger partial charge >= 0.3 is 0 Å². The molecule has 0 bridgehead atoms. The third kappa shape index (κ3) is 5.14. The highest BCUT2D eigenvalue weighted by molar-refractivity contribution is 7.92. The second-order valence-electron chi connectivity index (χ2n) is 9.78. The lowest BCUT2D eigenvalue weighted by Gasteiger charge is -2.29. The zero-order chi connectivity index (χ0) is 28.8. The van der Waals surface area contributed by atoms with E-state index in [9.17, 15) is 8.42 Å². The zero-order valence-corrected chi connectivity index (χ0v) is 25.2. The van der Waals surface area contributed by atoms with Crippen LogP contribution in [-0.4, -0.2) is 36.4 Å². The molecule has 1 aliphatic rings. The molecule has 0 radical (unpaired) electrons. The van der Waals surface area contributed by atoms with Crippen LogP contribution in [0, 0.1) is 20.8 Å². The van der Waals surface area contributed by atoms with Gasteiger partial charge in [0.25, 0.3) is 0 Å². The minimum absolute atomic E-state index is 0.250. The number of hydrogen-bond acceptors (Lipinski definition) is 5. The van der Waals surface area contributed by atoms with Crippen molar-refractivity contribution in [2.24, 2.45) is 0 Å². The molecule has 5 rings (SSSR count). The Balaban J connectivity index is 1.71. The van der Waals surface area contributed by atoms with Crippen molar-refractivity contribution in [2.75, 3.05) is 23.0 Å². The summed E-state index contributed by atoms with van der Waals surface area (Å²) in [7, 11) is -1.99. The number of hydrogen-bond donors (Lipinski definition) is 2. The number of methoxy groups -OCH3 is 1. The van der Waals surface area contributed by atoms with Crippen molar-refractivity contribution in [3.8, 4) is 11.4 Å². The summed E-state index contributed by atoms with van der Waals surface area (Å²) in [5.41, 5.74) is 7.32. The van der Waals surface area contributed by atoms with E-state index in [0.29, 0.717) is 21.6 Å². The lowest BCUT2D eigenvalue weighted by atomic mass is 9.93. The van der Waals surface area contributed by atoms with Gasteiger partial charge in [-0.15, -0.1) is 0 Å². The van der Waals surface area contributed by atoms with E-state index in [2.05, 4.69) is 45.3 Å². The Bertz CT molecular complexity index is 1710. The third-order valence-corrected chi connectivity index (χ3v) is 8.37. The molecular formula is C29H30ClN5O3S2. The van der Waals surface area contributed by atoms with Crippen LogP contribution >= 0.6 is 23.8 Å². The van der Waals surface area contributed by atoms with Gasteiger partial charge in [0.2, 0.25) is 10.0 Å². The molecule has 40 heavy (non-hydrogen) atoms. The highest BCUT2D eigenvalue weighted by Gasteiger charge is 2.43. The summed E-state index contributed by atoms with van der Waals surface area (Å²) in [6.07, 6.45) is 2.88. The maximum atomic E-state index is 11.9. The van der Waals surface area contributed by atoms with Crippen molar-refractivity contribution in [3.05, 3.63) is 100 Å². The van der Waals surface area contributed by atoms with E-state index in [4.69, 9.17) is 28.6 Å². The van der Waals surface area contributed by atoms with E-state index in [1.807, 2.05) is 48.5 Å². The minimum atomic E-state index is -3.50. The van der Waals surface area contributed by atoms with E-state index in [0.717, 1.165) is 45.8 Å². The maximum Gasteiger partial charge on any atom is 0.229 e. The first-order valence-electron chi connectivity index (χ1n) is 12.6. The average Bonchev–Trinajstić information content (AvgIpc) is 3.35. The highest BCUT2D eigenvalue weighted by Crippen LogP contribution is 2.46. The lowest BCUT2D eigenvalue weighted by molar-refractivity contribution is 0.417. The van der Waals surface area contributed by atoms with Gasteiger partial charge in [-0.3, -0.25) is 9.71 Å². The van der Waals surface area contributed by atoms with Crippen LogP contribution in [0.5, 0.6) is 5.75 Å². The zero-order valence-electron chi connectivity index (χ0n) is 22.8. The Labute approximate surface area is 245 Å². The standard InChI is InChI=1S/C29H30ClN5O3S2/c1-17-18(2)34(21-10-8-9-20(30)15-21)19(3)26(17)28-27(24-11-6-7-14-31-24)32-29(39)35(28)22-12-13-23(25(16-22)38-4)33-40(5,36)37/h6-16,27-28,33H,1-5H3,(H,32,39)/t27-,28+/m1/s1. The predicted octanol–water partition coefficient (Wildman–Crippen LogP) is 6.01. The van der Waals surface area contributed by atoms with Crippen LogP contribution in [0.3, 0.4) is 0 Å². The number of halogens is 1. The summed E-state index contributed by atoms with van der Waals surface area (Å²) in [6.45, 7) is 6.32. The van der Waals surface area contributed by atoms with Crippen LogP contribution in [-0.2, 0) is 10.0 Å². The molecule has 0 amide bonds. The molecule has 2 aromatic carbocycles. The molecule has 8 nitrogen and oxygen atoms in total. The van der Waals surface area contributed by atoms with Crippen molar-refractivity contribution in [1.29, 1.82) is 0 Å². The fraction of sp³-hybridized carbons (Fsp3) is 0.241. The maximum absolute atomic E-state index is 11.9. The first-order chi connectivity index (χ1) is 19.0. The molecule has 3 heterocycles. The SMILES string of the molecule is COc1cc(N2C(=S)N[C@H](c3ccccn3)[C@@H]2c2c(C)c(C)n(-c3cccc(Cl)c3)c2C)ccc1NS(C)(=O)=O. The number of nitrogens with one attached hydrogen (secondary N) is 2. The number of thiocarbonyl (C=S) groups is 1. The second kappa shape index (κ2) is 10.8. The fourth-order valence-electron chi connectivity index (χ4n) is 5.48. The van der Waals surface area contributed by atoms with E-state index >= 15 is 0 Å². The van der Waals surface area contributed by atoms with Gasteiger partial charge in [0.1, 0.15) is 5.75 Å². The third-order valence-electron chi connectivity index (χ3n) is 7.23. The van der Waals surface area contributed by atoms with E-state index in [1.165, 1.54) is 7.11 Å². The number of benzene rings is 2. The van der Waals surface area contributed by atoms with E-state index in [1.54, 1.807) is 18.3 Å². The average molecular weight is 596 g/mol. The van der Waals surface area contributed by atoms with Gasteiger partial charge < -0.3 is 19.5 Å². The van der Waals surface area contributed by atoms with Crippen molar-refractivity contribution in [3.63, 3.8) is 0 Å². The topological polar surface area (TPSA) is 88.5 Å². The van der Waals surface area contributed by atoms with Gasteiger partial charge in [0.05, 0.1) is 36.8 Å². The number of nitrogens with zero attached hydrogens (tertiary/aromatic N) is 3. The van der Waals surface area contributed by atoms with E-state index < -0.39 is 10.0 Å². The van der Waals surface area contributed by atoms with Crippen LogP contribution in [0.1, 0.15) is 40.3 Å². The summed E-state index contributed by atoms with van der Waals surface area (Å²) in [5.74, 6) is 0.381. The normalized spacial score (nSPS) is 17.1. The molecule has 0 unspecified atom stereocenters. The second-order valence-corrected chi connectivity index (χ2v) is 12.4. The molecule has 208 valence electrons. The summed E-state index contributed by atoms with van der Waals surface area (Å²) < 4.78 is 34.1. The highest BCUT2D eigenvalue weighted by atomic mass is 35.5. The molecule has 0 aliphatic carbocycles. The molecule has 1 saturated heterocycles. The molecule has 2 atom stereocenters. The molecule has 2 aromatic heterocycles. The Hall–Kier alpha value is -3.60. The van der Waals surface area contributed by atoms with Gasteiger partial charge in [0.15, 0.2) is 5.11 Å². The van der Waals surface area contributed by atoms with Gasteiger partial charge in [0, 0.05) is 45.6 Å². The molecular weight excluding hydrogens is 566 g/mol. The fourth-order valence-corrected chi connectivity index (χ4v) is 6.58. The number of anilines is 2. The van der Waals surface area contributed by atoms with Crippen molar-refractivity contribution < 1.29 is 13.2 Å². The monoisotopic (exact) mass is 595 g/mol. The van der Waals surface area contributed by atoms with Gasteiger partial charge in [-0.25, -0.2) is 8.42 Å². The molecule has 4 aromatic rings. The molecule has 0 saturated carbocycles. The number of aromatic nitrogens is 2. The summed E-state index contributed by atoms with van der Waals surface area (Å²) in [5, 5.41) is 4.69. The van der Waals surface area contributed by atoms with Crippen molar-refractivity contribution in [1.82, 2.24) is 14.9 Å². The van der Waals surface area contributed by atoms with Crippen molar-refractivity contribution in [2.45, 2.75) is 32.9 Å². The Morgan fingerprint density at radius 2 is 1.80 bits per heavy atom. The number of pyridine rings is 1. The number of sulfonamides is 1. The van der Waals surface area contributed by atoms with Gasteiger partial charge in [-0.1, -0.05) is 23.7 Å². The molecule has 1 fully saturated rings. The number of ether oxygens (including phenoxy) is 1. The smallest absolute Gasteiger partial charge is 0.229 e. The predicted molar refractivity (Wildman–Crippen MR) is 164 cm³/mol. The molecule has 1 aliphatic heterocycles. The van der Waals surface area contributed by atoms with Gasteiger partial charge in [-0.05, 0) is 81.0 Å². The van der Waals surface area contributed by atoms with Crippen LogP contribution in [0.2, 0.25) is 5.02 Å².